The number of hydrogen-bond acceptors (Lipinski definition) is 5. The summed E-state index contributed by atoms with van der Waals surface area (Å²) in [5.41, 5.74) is 0.256. The molecule has 1 aromatic heterocycles. The molecule has 1 atom stereocenters. The van der Waals surface area contributed by atoms with Crippen molar-refractivity contribution >= 4 is 23.2 Å². The minimum Gasteiger partial charge on any atom is -0.451 e. The molecule has 118 valence electrons. The smallest absolute Gasteiger partial charge is 0.348 e. The number of esters is 1. The van der Waals surface area contributed by atoms with Crippen LogP contribution in [0.25, 0.3) is 0 Å². The molecule has 6 heteroatoms. The molecule has 0 fully saturated rings. The monoisotopic (exact) mass is 320 g/mol. The minimum atomic E-state index is -0.965. The van der Waals surface area contributed by atoms with Crippen LogP contribution in [-0.4, -0.2) is 24.0 Å². The van der Waals surface area contributed by atoms with E-state index in [1.807, 2.05) is 19.9 Å². The second-order valence-electron chi connectivity index (χ2n) is 6.01. The van der Waals surface area contributed by atoms with Gasteiger partial charge < -0.3 is 10.1 Å². The van der Waals surface area contributed by atoms with E-state index in [4.69, 9.17) is 10.00 Å². The van der Waals surface area contributed by atoms with Gasteiger partial charge in [0.05, 0.1) is 6.07 Å². The molecule has 0 aromatic carbocycles. The number of amides is 1. The van der Waals surface area contributed by atoms with Gasteiger partial charge in [0.15, 0.2) is 6.61 Å². The second kappa shape index (κ2) is 6.49. The standard InChI is InChI=1S/C16H20N2O3S/c1-10(2)16(3,9-17)18-14(19)8-21-15(20)13-7-11-5-4-6-12(11)22-13/h7,10H,4-6,8H2,1-3H3,(H,18,19)/t16-/m1/s1. The van der Waals surface area contributed by atoms with E-state index >= 15 is 0 Å². The quantitative estimate of drug-likeness (QED) is 0.845. The van der Waals surface area contributed by atoms with Gasteiger partial charge in [0.2, 0.25) is 0 Å². The van der Waals surface area contributed by atoms with Gasteiger partial charge in [0.25, 0.3) is 5.91 Å². The van der Waals surface area contributed by atoms with E-state index in [0.717, 1.165) is 19.3 Å². The zero-order valence-corrected chi connectivity index (χ0v) is 13.9. The van der Waals surface area contributed by atoms with Crippen LogP contribution < -0.4 is 5.32 Å². The predicted molar refractivity (Wildman–Crippen MR) is 83.6 cm³/mol. The van der Waals surface area contributed by atoms with E-state index in [0.29, 0.717) is 4.88 Å². The highest BCUT2D eigenvalue weighted by atomic mass is 32.1. The SMILES string of the molecule is CC(C)[C@@](C)(C#N)NC(=O)COC(=O)c1cc2c(s1)CCC2. The summed E-state index contributed by atoms with van der Waals surface area (Å²) < 4.78 is 5.05. The molecule has 1 aromatic rings. The lowest BCUT2D eigenvalue weighted by molar-refractivity contribution is -0.125. The molecule has 1 aliphatic carbocycles. The number of nitriles is 1. The number of carbonyl (C=O) groups excluding carboxylic acids is 2. The average molecular weight is 320 g/mol. The first-order valence-corrected chi connectivity index (χ1v) is 8.18. The molecule has 0 radical (unpaired) electrons. The molecular formula is C16H20N2O3S. The molecular weight excluding hydrogens is 300 g/mol. The summed E-state index contributed by atoms with van der Waals surface area (Å²) >= 11 is 1.45. The number of carbonyl (C=O) groups is 2. The third kappa shape index (κ3) is 3.47. The van der Waals surface area contributed by atoms with E-state index in [1.54, 1.807) is 6.92 Å². The summed E-state index contributed by atoms with van der Waals surface area (Å²) in [5.74, 6) is -0.981. The molecule has 0 saturated carbocycles. The minimum absolute atomic E-state index is 0.0441. The van der Waals surface area contributed by atoms with Crippen molar-refractivity contribution in [3.8, 4) is 6.07 Å². The Morgan fingerprint density at radius 1 is 1.50 bits per heavy atom. The van der Waals surface area contributed by atoms with Crippen LogP contribution in [0, 0.1) is 17.2 Å². The van der Waals surface area contributed by atoms with Crippen LogP contribution in [0.3, 0.4) is 0 Å². The summed E-state index contributed by atoms with van der Waals surface area (Å²) in [6.07, 6.45) is 3.16. The Bertz CT molecular complexity index is 608. The molecule has 1 N–H and O–H groups in total. The summed E-state index contributed by atoms with van der Waals surface area (Å²) in [7, 11) is 0. The predicted octanol–water partition coefficient (Wildman–Crippen LogP) is 2.45. The zero-order valence-electron chi connectivity index (χ0n) is 13.1. The molecule has 22 heavy (non-hydrogen) atoms. The van der Waals surface area contributed by atoms with Gasteiger partial charge >= 0.3 is 5.97 Å². The summed E-state index contributed by atoms with van der Waals surface area (Å²) in [6.45, 7) is 4.98. The Hall–Kier alpha value is -1.87. The summed E-state index contributed by atoms with van der Waals surface area (Å²) in [6, 6.07) is 3.95. The van der Waals surface area contributed by atoms with Crippen molar-refractivity contribution in [2.75, 3.05) is 6.61 Å². The van der Waals surface area contributed by atoms with Crippen LogP contribution in [0.2, 0.25) is 0 Å². The van der Waals surface area contributed by atoms with Gasteiger partial charge in [-0.3, -0.25) is 4.79 Å². The van der Waals surface area contributed by atoms with Gasteiger partial charge in [-0.25, -0.2) is 4.79 Å². The van der Waals surface area contributed by atoms with Crippen molar-refractivity contribution in [2.45, 2.75) is 45.6 Å². The molecule has 1 aliphatic rings. The lowest BCUT2D eigenvalue weighted by Crippen LogP contribution is -2.50. The molecule has 0 unspecified atom stereocenters. The maximum atomic E-state index is 12.0. The van der Waals surface area contributed by atoms with Crippen molar-refractivity contribution in [3.63, 3.8) is 0 Å². The van der Waals surface area contributed by atoms with E-state index in [9.17, 15) is 9.59 Å². The van der Waals surface area contributed by atoms with Crippen LogP contribution in [0.4, 0.5) is 0 Å². The van der Waals surface area contributed by atoms with Crippen LogP contribution >= 0.6 is 11.3 Å². The van der Waals surface area contributed by atoms with E-state index in [2.05, 4.69) is 11.4 Å². The van der Waals surface area contributed by atoms with Gasteiger partial charge in [0, 0.05) is 4.88 Å². The van der Waals surface area contributed by atoms with Crippen LogP contribution in [-0.2, 0) is 22.4 Å². The molecule has 1 heterocycles. The summed E-state index contributed by atoms with van der Waals surface area (Å²) in [5, 5.41) is 11.8. The number of rotatable bonds is 5. The van der Waals surface area contributed by atoms with Gasteiger partial charge in [-0.05, 0) is 43.7 Å². The van der Waals surface area contributed by atoms with Crippen molar-refractivity contribution in [1.82, 2.24) is 5.32 Å². The highest BCUT2D eigenvalue weighted by Crippen LogP contribution is 2.30. The Labute approximate surface area is 134 Å². The van der Waals surface area contributed by atoms with Gasteiger partial charge in [-0.2, -0.15) is 5.26 Å². The fourth-order valence-electron chi connectivity index (χ4n) is 2.26. The fraction of sp³-hybridized carbons (Fsp3) is 0.562. The topological polar surface area (TPSA) is 79.2 Å². The first-order chi connectivity index (χ1) is 10.4. The lowest BCUT2D eigenvalue weighted by Gasteiger charge is -2.27. The maximum Gasteiger partial charge on any atom is 0.348 e. The average Bonchev–Trinajstić information content (AvgIpc) is 3.05. The second-order valence-corrected chi connectivity index (χ2v) is 7.14. The number of thiophene rings is 1. The first-order valence-electron chi connectivity index (χ1n) is 7.36. The van der Waals surface area contributed by atoms with Gasteiger partial charge in [-0.1, -0.05) is 13.8 Å². The molecule has 5 nitrogen and oxygen atoms in total. The lowest BCUT2D eigenvalue weighted by atomic mass is 9.90. The molecule has 1 amide bonds. The van der Waals surface area contributed by atoms with Gasteiger partial charge in [-0.15, -0.1) is 11.3 Å². The van der Waals surface area contributed by atoms with Crippen LogP contribution in [0.1, 0.15) is 47.3 Å². The Morgan fingerprint density at radius 2 is 2.23 bits per heavy atom. The Kier molecular flexibility index (Phi) is 4.87. The maximum absolute atomic E-state index is 12.0. The molecule has 0 bridgehead atoms. The highest BCUT2D eigenvalue weighted by Gasteiger charge is 2.30. The number of ether oxygens (including phenoxy) is 1. The van der Waals surface area contributed by atoms with Crippen LogP contribution in [0.5, 0.6) is 0 Å². The molecule has 0 saturated heterocycles. The van der Waals surface area contributed by atoms with Crippen LogP contribution in [0.15, 0.2) is 6.07 Å². The van der Waals surface area contributed by atoms with Crippen molar-refractivity contribution in [2.24, 2.45) is 5.92 Å². The van der Waals surface area contributed by atoms with E-state index in [1.165, 1.54) is 21.8 Å². The number of fused-ring (bicyclic) bond motifs is 1. The zero-order chi connectivity index (χ0) is 16.3. The molecule has 0 spiro atoms. The number of hydrogen-bond donors (Lipinski definition) is 1. The number of nitrogens with zero attached hydrogens (tertiary/aromatic N) is 1. The highest BCUT2D eigenvalue weighted by molar-refractivity contribution is 7.14. The molecule has 2 rings (SSSR count). The number of aryl methyl sites for hydroxylation is 2. The summed E-state index contributed by atoms with van der Waals surface area (Å²) in [4.78, 5) is 25.6. The number of nitrogens with one attached hydrogen (secondary N) is 1. The largest absolute Gasteiger partial charge is 0.451 e. The molecule has 0 aliphatic heterocycles. The Morgan fingerprint density at radius 3 is 2.82 bits per heavy atom. The normalized spacial score (nSPS) is 15.8. The fourth-order valence-corrected chi connectivity index (χ4v) is 3.41. The van der Waals surface area contributed by atoms with Crippen molar-refractivity contribution in [1.29, 1.82) is 5.26 Å². The first kappa shape index (κ1) is 16.5. The van der Waals surface area contributed by atoms with Crippen molar-refractivity contribution in [3.05, 3.63) is 21.4 Å². The third-order valence-corrected chi connectivity index (χ3v) is 5.29. The third-order valence-electron chi connectivity index (χ3n) is 4.07. The van der Waals surface area contributed by atoms with E-state index < -0.39 is 17.4 Å². The van der Waals surface area contributed by atoms with E-state index in [-0.39, 0.29) is 12.5 Å². The van der Waals surface area contributed by atoms with Crippen molar-refractivity contribution < 1.29 is 14.3 Å². The Balaban J connectivity index is 1.88. The van der Waals surface area contributed by atoms with Gasteiger partial charge in [0.1, 0.15) is 10.4 Å².